The third-order valence-electron chi connectivity index (χ3n) is 5.43. The predicted molar refractivity (Wildman–Crippen MR) is 121 cm³/mol. The molecule has 1 atom stereocenters. The molecule has 0 saturated carbocycles. The molecule has 152 valence electrons. The van der Waals surface area contributed by atoms with E-state index in [0.717, 1.165) is 28.4 Å². The number of nitrogens with zero attached hydrogens (tertiary/aromatic N) is 2. The summed E-state index contributed by atoms with van der Waals surface area (Å²) in [5, 5.41) is 3.55. The van der Waals surface area contributed by atoms with Crippen LogP contribution in [0.5, 0.6) is 5.75 Å². The Morgan fingerprint density at radius 3 is 2.13 bits per heavy atom. The first-order valence-corrected chi connectivity index (χ1v) is 9.90. The van der Waals surface area contributed by atoms with E-state index in [0.29, 0.717) is 5.56 Å². The minimum atomic E-state index is -0.328. The summed E-state index contributed by atoms with van der Waals surface area (Å²) in [6.45, 7) is 1.98. The third-order valence-corrected chi connectivity index (χ3v) is 5.43. The topological polar surface area (TPSA) is 48.2 Å². The zero-order valence-corrected chi connectivity index (χ0v) is 17.4. The summed E-state index contributed by atoms with van der Waals surface area (Å²) in [7, 11) is 3.56. The number of rotatable bonds is 6. The molecule has 30 heavy (non-hydrogen) atoms. The van der Waals surface area contributed by atoms with Crippen molar-refractivity contribution < 1.29 is 4.74 Å². The van der Waals surface area contributed by atoms with Crippen molar-refractivity contribution in [2.45, 2.75) is 13.0 Å². The molecule has 3 aromatic carbocycles. The standard InChI is InChI=1S/C25H25N3O2/c1-18-23(25(29)28(27(18)2)20-14-8-5-9-15-20)24(19-12-6-4-7-13-19)26-21-16-10-11-17-22(21)30-3/h4-17,24,26H,1-3H3/t24-/m0/s1. The van der Waals surface area contributed by atoms with Gasteiger partial charge in [0.25, 0.3) is 5.56 Å². The van der Waals surface area contributed by atoms with Crippen LogP contribution in [0.4, 0.5) is 5.69 Å². The van der Waals surface area contributed by atoms with E-state index in [1.165, 1.54) is 0 Å². The van der Waals surface area contributed by atoms with Gasteiger partial charge in [-0.1, -0.05) is 60.7 Å². The van der Waals surface area contributed by atoms with Crippen molar-refractivity contribution in [1.29, 1.82) is 0 Å². The van der Waals surface area contributed by atoms with Crippen molar-refractivity contribution >= 4 is 5.69 Å². The fourth-order valence-corrected chi connectivity index (χ4v) is 3.81. The lowest BCUT2D eigenvalue weighted by atomic mass is 9.98. The number of benzene rings is 3. The minimum absolute atomic E-state index is 0.0440. The number of methoxy groups -OCH3 is 1. The van der Waals surface area contributed by atoms with Crippen molar-refractivity contribution in [1.82, 2.24) is 9.36 Å². The van der Waals surface area contributed by atoms with Crippen LogP contribution < -0.4 is 15.6 Å². The Morgan fingerprint density at radius 2 is 1.47 bits per heavy atom. The lowest BCUT2D eigenvalue weighted by Crippen LogP contribution is -2.25. The first-order chi connectivity index (χ1) is 14.6. The number of ether oxygens (including phenoxy) is 1. The Hall–Kier alpha value is -3.73. The van der Waals surface area contributed by atoms with Crippen LogP contribution in [0, 0.1) is 6.92 Å². The minimum Gasteiger partial charge on any atom is -0.495 e. The number of nitrogens with one attached hydrogen (secondary N) is 1. The molecule has 0 unspecified atom stereocenters. The van der Waals surface area contributed by atoms with Gasteiger partial charge in [-0.25, -0.2) is 4.68 Å². The van der Waals surface area contributed by atoms with E-state index in [9.17, 15) is 4.79 Å². The van der Waals surface area contributed by atoms with Gasteiger partial charge in [0.05, 0.1) is 30.1 Å². The molecule has 5 heteroatoms. The first-order valence-electron chi connectivity index (χ1n) is 9.90. The van der Waals surface area contributed by atoms with Gasteiger partial charge in [0.1, 0.15) is 5.75 Å². The van der Waals surface area contributed by atoms with Gasteiger partial charge in [-0.05, 0) is 36.8 Å². The highest BCUT2D eigenvalue weighted by molar-refractivity contribution is 5.59. The summed E-state index contributed by atoms with van der Waals surface area (Å²) >= 11 is 0. The quantitative estimate of drug-likeness (QED) is 0.511. The maximum Gasteiger partial charge on any atom is 0.277 e. The maximum absolute atomic E-state index is 13.6. The first kappa shape index (κ1) is 19.6. The highest BCUT2D eigenvalue weighted by Crippen LogP contribution is 2.32. The molecule has 4 aromatic rings. The smallest absolute Gasteiger partial charge is 0.277 e. The number of para-hydroxylation sites is 3. The van der Waals surface area contributed by atoms with Crippen LogP contribution in [0.3, 0.4) is 0 Å². The van der Waals surface area contributed by atoms with E-state index in [4.69, 9.17) is 4.74 Å². The predicted octanol–water partition coefficient (Wildman–Crippen LogP) is 4.69. The Bertz CT molecular complexity index is 1190. The van der Waals surface area contributed by atoms with Crippen LogP contribution in [-0.2, 0) is 7.05 Å². The van der Waals surface area contributed by atoms with Gasteiger partial charge in [0, 0.05) is 12.7 Å². The largest absolute Gasteiger partial charge is 0.495 e. The average molecular weight is 399 g/mol. The van der Waals surface area contributed by atoms with E-state index in [-0.39, 0.29) is 11.6 Å². The van der Waals surface area contributed by atoms with Gasteiger partial charge in [0.15, 0.2) is 0 Å². The van der Waals surface area contributed by atoms with Gasteiger partial charge >= 0.3 is 0 Å². The molecule has 1 heterocycles. The van der Waals surface area contributed by atoms with E-state index in [1.54, 1.807) is 11.8 Å². The van der Waals surface area contributed by atoms with Crippen molar-refractivity contribution in [3.05, 3.63) is 112 Å². The SMILES string of the molecule is COc1ccccc1N[C@@H](c1ccccc1)c1c(C)n(C)n(-c2ccccc2)c1=O. The second-order valence-electron chi connectivity index (χ2n) is 7.16. The van der Waals surface area contributed by atoms with Gasteiger partial charge in [-0.15, -0.1) is 0 Å². The van der Waals surface area contributed by atoms with Crippen LogP contribution in [0.2, 0.25) is 0 Å². The highest BCUT2D eigenvalue weighted by atomic mass is 16.5. The van der Waals surface area contributed by atoms with Gasteiger partial charge in [-0.2, -0.15) is 0 Å². The van der Waals surface area contributed by atoms with E-state index >= 15 is 0 Å². The highest BCUT2D eigenvalue weighted by Gasteiger charge is 2.26. The van der Waals surface area contributed by atoms with Crippen molar-refractivity contribution in [2.75, 3.05) is 12.4 Å². The van der Waals surface area contributed by atoms with Crippen LogP contribution in [0.15, 0.2) is 89.7 Å². The molecule has 4 rings (SSSR count). The van der Waals surface area contributed by atoms with Gasteiger partial charge < -0.3 is 10.1 Å². The normalized spacial score (nSPS) is 11.8. The van der Waals surface area contributed by atoms with Gasteiger partial charge in [0.2, 0.25) is 0 Å². The van der Waals surface area contributed by atoms with Crippen LogP contribution in [-0.4, -0.2) is 16.5 Å². The lowest BCUT2D eigenvalue weighted by molar-refractivity contribution is 0.416. The maximum atomic E-state index is 13.6. The molecular formula is C25H25N3O2. The summed E-state index contributed by atoms with van der Waals surface area (Å²) in [4.78, 5) is 13.6. The molecule has 0 aliphatic carbocycles. The number of hydrogen-bond donors (Lipinski definition) is 1. The van der Waals surface area contributed by atoms with E-state index < -0.39 is 0 Å². The molecule has 5 nitrogen and oxygen atoms in total. The number of aromatic nitrogens is 2. The van der Waals surface area contributed by atoms with Crippen molar-refractivity contribution in [3.63, 3.8) is 0 Å². The zero-order chi connectivity index (χ0) is 21.1. The Kier molecular flexibility index (Phi) is 5.44. The monoisotopic (exact) mass is 399 g/mol. The zero-order valence-electron chi connectivity index (χ0n) is 17.4. The summed E-state index contributed by atoms with van der Waals surface area (Å²) in [6.07, 6.45) is 0. The fraction of sp³-hybridized carbons (Fsp3) is 0.160. The molecule has 0 saturated heterocycles. The molecule has 0 bridgehead atoms. The van der Waals surface area contributed by atoms with E-state index in [1.807, 2.05) is 104 Å². The van der Waals surface area contributed by atoms with Gasteiger partial charge in [-0.3, -0.25) is 9.48 Å². The summed E-state index contributed by atoms with van der Waals surface area (Å²) < 4.78 is 9.15. The Morgan fingerprint density at radius 1 is 0.867 bits per heavy atom. The van der Waals surface area contributed by atoms with E-state index in [2.05, 4.69) is 5.32 Å². The van der Waals surface area contributed by atoms with Crippen molar-refractivity contribution in [3.8, 4) is 11.4 Å². The van der Waals surface area contributed by atoms with Crippen LogP contribution >= 0.6 is 0 Å². The Labute approximate surface area is 176 Å². The molecule has 0 aliphatic heterocycles. The fourth-order valence-electron chi connectivity index (χ4n) is 3.81. The third kappa shape index (κ3) is 3.50. The molecular weight excluding hydrogens is 374 g/mol. The molecule has 0 spiro atoms. The molecule has 0 radical (unpaired) electrons. The van der Waals surface area contributed by atoms with Crippen molar-refractivity contribution in [2.24, 2.45) is 7.05 Å². The van der Waals surface area contributed by atoms with Crippen LogP contribution in [0.1, 0.15) is 22.9 Å². The summed E-state index contributed by atoms with van der Waals surface area (Å²) in [5.74, 6) is 0.732. The molecule has 1 N–H and O–H groups in total. The van der Waals surface area contributed by atoms with Crippen LogP contribution in [0.25, 0.3) is 5.69 Å². The average Bonchev–Trinajstić information content (AvgIpc) is 3.01. The lowest BCUT2D eigenvalue weighted by Gasteiger charge is -2.21. The summed E-state index contributed by atoms with van der Waals surface area (Å²) in [6, 6.07) is 27.1. The second kappa shape index (κ2) is 8.33. The summed E-state index contributed by atoms with van der Waals surface area (Å²) in [5.41, 5.74) is 4.25. The molecule has 0 aliphatic rings. The number of anilines is 1. The number of hydrogen-bond acceptors (Lipinski definition) is 3. The molecule has 0 amide bonds. The Balaban J connectivity index is 1.90. The molecule has 0 fully saturated rings. The molecule has 1 aromatic heterocycles. The second-order valence-corrected chi connectivity index (χ2v) is 7.16.